The van der Waals surface area contributed by atoms with E-state index in [0.29, 0.717) is 0 Å². The molecule has 0 aliphatic rings. The average Bonchev–Trinajstić information content (AvgIpc) is 3.36. The molecule has 5 heteroatoms. The number of nitrogens with zero attached hydrogens (tertiary/aromatic N) is 2. The van der Waals surface area contributed by atoms with Gasteiger partial charge in [-0.3, -0.25) is 0 Å². The van der Waals surface area contributed by atoms with Crippen molar-refractivity contribution in [2.45, 2.75) is 0 Å². The molecule has 0 amide bonds. The van der Waals surface area contributed by atoms with E-state index in [1.807, 2.05) is 18.2 Å². The predicted octanol–water partition coefficient (Wildman–Crippen LogP) is 8.22. The van der Waals surface area contributed by atoms with Crippen molar-refractivity contribution in [1.29, 1.82) is 0 Å². The molecule has 146 valence electrons. The van der Waals surface area contributed by atoms with Gasteiger partial charge in [-0.2, -0.15) is 0 Å². The topological polar surface area (TPSA) is 38.9 Å². The molecule has 3 heterocycles. The zero-order valence-electron chi connectivity index (χ0n) is 16.1. The van der Waals surface area contributed by atoms with E-state index in [0.717, 1.165) is 48.8 Å². The molecule has 0 unspecified atom stereocenters. The van der Waals surface area contributed by atoms with Crippen molar-refractivity contribution in [1.82, 2.24) is 9.97 Å². The minimum Gasteiger partial charge on any atom is -0.456 e. The fourth-order valence-electron chi connectivity index (χ4n) is 4.45. The Morgan fingerprint density at radius 2 is 1.58 bits per heavy atom. The first-order valence-corrected chi connectivity index (χ1v) is 11.1. The summed E-state index contributed by atoms with van der Waals surface area (Å²) >= 11 is 8.03. The van der Waals surface area contributed by atoms with Crippen LogP contribution >= 0.6 is 22.9 Å². The van der Waals surface area contributed by atoms with Crippen LogP contribution in [0, 0.1) is 0 Å². The second-order valence-electron chi connectivity index (χ2n) is 7.59. The third-order valence-electron chi connectivity index (χ3n) is 5.83. The molecule has 3 nitrogen and oxygen atoms in total. The van der Waals surface area contributed by atoms with E-state index in [9.17, 15) is 0 Å². The lowest BCUT2D eigenvalue weighted by Crippen LogP contribution is -1.88. The Bertz CT molecular complexity index is 1820. The first-order valence-electron chi connectivity index (χ1n) is 9.95. The van der Waals surface area contributed by atoms with Crippen LogP contribution in [0.3, 0.4) is 0 Å². The van der Waals surface area contributed by atoms with Crippen molar-refractivity contribution in [2.24, 2.45) is 0 Å². The maximum atomic E-state index is 6.34. The predicted molar refractivity (Wildman–Crippen MR) is 130 cm³/mol. The normalized spacial score (nSPS) is 12.0. The molecular weight excluding hydrogens is 424 g/mol. The van der Waals surface area contributed by atoms with Gasteiger partial charge in [0.25, 0.3) is 0 Å². The number of rotatable bonds is 1. The fraction of sp³-hybridized carbons (Fsp3) is 0. The van der Waals surface area contributed by atoms with E-state index >= 15 is 0 Å². The maximum absolute atomic E-state index is 6.34. The van der Waals surface area contributed by atoms with E-state index in [2.05, 4.69) is 70.6 Å². The highest BCUT2D eigenvalue weighted by Crippen LogP contribution is 2.41. The zero-order valence-corrected chi connectivity index (χ0v) is 17.7. The lowest BCUT2D eigenvalue weighted by Gasteiger charge is -2.04. The number of hydrogen-bond donors (Lipinski definition) is 0. The number of halogens is 1. The minimum atomic E-state index is 0.252. The monoisotopic (exact) mass is 436 g/mol. The Morgan fingerprint density at radius 1 is 0.742 bits per heavy atom. The van der Waals surface area contributed by atoms with Gasteiger partial charge >= 0.3 is 0 Å². The molecular formula is C26H13ClN2OS. The standard InChI is InChI=1S/C26H13ClN2OS/c27-26-28-23(25-24(29-26)18-7-3-4-8-21(18)31-25)15-9-11-17-20(13-15)30-19-12-10-14-5-1-2-6-16(14)22(17)19/h1-13H. The maximum Gasteiger partial charge on any atom is 0.223 e. The molecule has 0 saturated carbocycles. The third-order valence-corrected chi connectivity index (χ3v) is 7.16. The van der Waals surface area contributed by atoms with E-state index in [4.69, 9.17) is 16.0 Å². The molecule has 0 atom stereocenters. The Labute approximate surface area is 185 Å². The van der Waals surface area contributed by atoms with E-state index in [1.165, 1.54) is 15.5 Å². The summed E-state index contributed by atoms with van der Waals surface area (Å²) < 4.78 is 8.46. The van der Waals surface area contributed by atoms with Gasteiger partial charge in [-0.05, 0) is 46.6 Å². The summed E-state index contributed by atoms with van der Waals surface area (Å²) in [4.78, 5) is 9.12. The summed E-state index contributed by atoms with van der Waals surface area (Å²) in [5.41, 5.74) is 4.43. The molecule has 0 bridgehead atoms. The number of fused-ring (bicyclic) bond motifs is 8. The molecule has 7 rings (SSSR count). The molecule has 7 aromatic rings. The van der Waals surface area contributed by atoms with Gasteiger partial charge in [-0.15, -0.1) is 11.3 Å². The number of thiophene rings is 1. The molecule has 0 spiro atoms. The Balaban J connectivity index is 1.54. The molecule has 0 saturated heterocycles. The summed E-state index contributed by atoms with van der Waals surface area (Å²) in [6, 6.07) is 27.1. The van der Waals surface area contributed by atoms with Crippen molar-refractivity contribution < 1.29 is 4.42 Å². The highest BCUT2D eigenvalue weighted by Gasteiger charge is 2.17. The summed E-state index contributed by atoms with van der Waals surface area (Å²) in [7, 11) is 0. The summed E-state index contributed by atoms with van der Waals surface area (Å²) in [5.74, 6) is 0. The van der Waals surface area contributed by atoms with Crippen molar-refractivity contribution in [3.8, 4) is 11.3 Å². The Hall–Kier alpha value is -3.47. The van der Waals surface area contributed by atoms with Crippen molar-refractivity contribution in [3.63, 3.8) is 0 Å². The zero-order chi connectivity index (χ0) is 20.5. The van der Waals surface area contributed by atoms with Crippen LogP contribution in [-0.4, -0.2) is 9.97 Å². The van der Waals surface area contributed by atoms with Gasteiger partial charge in [0.2, 0.25) is 5.28 Å². The summed E-state index contributed by atoms with van der Waals surface area (Å²) in [6.07, 6.45) is 0. The van der Waals surface area contributed by atoms with Gasteiger partial charge in [0, 0.05) is 26.4 Å². The Kier molecular flexibility index (Phi) is 3.48. The smallest absolute Gasteiger partial charge is 0.223 e. The van der Waals surface area contributed by atoms with Crippen LogP contribution in [0.1, 0.15) is 0 Å². The first kappa shape index (κ1) is 17.2. The second kappa shape index (κ2) is 6.27. The van der Waals surface area contributed by atoms with Crippen molar-refractivity contribution in [3.05, 3.63) is 84.1 Å². The van der Waals surface area contributed by atoms with Crippen LogP contribution in [0.25, 0.3) is 64.3 Å². The highest BCUT2D eigenvalue weighted by atomic mass is 35.5. The highest BCUT2D eigenvalue weighted by molar-refractivity contribution is 7.26. The number of hydrogen-bond acceptors (Lipinski definition) is 4. The SMILES string of the molecule is Clc1nc(-c2ccc3c(c2)oc2ccc4ccccc4c23)c2sc3ccccc3c2n1. The van der Waals surface area contributed by atoms with Crippen molar-refractivity contribution in [2.75, 3.05) is 0 Å². The molecule has 4 aromatic carbocycles. The fourth-order valence-corrected chi connectivity index (χ4v) is 5.78. The molecule has 0 radical (unpaired) electrons. The summed E-state index contributed by atoms with van der Waals surface area (Å²) in [6.45, 7) is 0. The summed E-state index contributed by atoms with van der Waals surface area (Å²) in [5, 5.41) is 6.00. The van der Waals surface area contributed by atoms with Crippen LogP contribution in [0.4, 0.5) is 0 Å². The number of benzene rings is 4. The minimum absolute atomic E-state index is 0.252. The molecule has 0 fully saturated rings. The largest absolute Gasteiger partial charge is 0.456 e. The van der Waals surface area contributed by atoms with Crippen LogP contribution in [0.15, 0.2) is 83.3 Å². The van der Waals surface area contributed by atoms with Gasteiger partial charge in [-0.1, -0.05) is 54.6 Å². The average molecular weight is 437 g/mol. The third kappa shape index (κ3) is 2.46. The van der Waals surface area contributed by atoms with E-state index in [-0.39, 0.29) is 5.28 Å². The lowest BCUT2D eigenvalue weighted by atomic mass is 10.0. The molecule has 31 heavy (non-hydrogen) atoms. The van der Waals surface area contributed by atoms with Crippen molar-refractivity contribution >= 4 is 76.0 Å². The second-order valence-corrected chi connectivity index (χ2v) is 8.98. The van der Waals surface area contributed by atoms with Gasteiger partial charge in [0.15, 0.2) is 0 Å². The molecule has 0 aliphatic heterocycles. The number of aromatic nitrogens is 2. The van der Waals surface area contributed by atoms with Gasteiger partial charge < -0.3 is 4.42 Å². The Morgan fingerprint density at radius 3 is 2.52 bits per heavy atom. The molecule has 0 N–H and O–H groups in total. The quantitative estimate of drug-likeness (QED) is 0.243. The lowest BCUT2D eigenvalue weighted by molar-refractivity contribution is 0.669. The number of furan rings is 1. The van der Waals surface area contributed by atoms with Gasteiger partial charge in [-0.25, -0.2) is 9.97 Å². The van der Waals surface area contributed by atoms with Crippen LogP contribution in [0.2, 0.25) is 5.28 Å². The molecule has 0 aliphatic carbocycles. The van der Waals surface area contributed by atoms with Gasteiger partial charge in [0.05, 0.1) is 15.9 Å². The van der Waals surface area contributed by atoms with Gasteiger partial charge in [0.1, 0.15) is 11.2 Å². The molecule has 3 aromatic heterocycles. The van der Waals surface area contributed by atoms with E-state index < -0.39 is 0 Å². The first-order chi connectivity index (χ1) is 15.3. The van der Waals surface area contributed by atoms with Crippen LogP contribution in [-0.2, 0) is 0 Å². The van der Waals surface area contributed by atoms with E-state index in [1.54, 1.807) is 11.3 Å². The van der Waals surface area contributed by atoms with Crippen LogP contribution in [0.5, 0.6) is 0 Å². The van der Waals surface area contributed by atoms with Crippen LogP contribution < -0.4 is 0 Å².